The van der Waals surface area contributed by atoms with E-state index in [-0.39, 0.29) is 0 Å². The van der Waals surface area contributed by atoms with E-state index in [2.05, 4.69) is 43.2 Å². The first-order valence-corrected chi connectivity index (χ1v) is 7.09. The number of rotatable bonds is 3. The van der Waals surface area contributed by atoms with Crippen LogP contribution < -0.4 is 4.74 Å². The van der Waals surface area contributed by atoms with Gasteiger partial charge in [-0.25, -0.2) is 4.98 Å². The monoisotopic (exact) mass is 331 g/mol. The first kappa shape index (κ1) is 13.1. The Bertz CT molecular complexity index is 750. The largest absolute Gasteiger partial charge is 0.497 e. The van der Waals surface area contributed by atoms with Crippen LogP contribution in [-0.4, -0.2) is 22.3 Å². The van der Waals surface area contributed by atoms with Gasteiger partial charge in [0.25, 0.3) is 0 Å². The van der Waals surface area contributed by atoms with Crippen LogP contribution in [0, 0.1) is 6.92 Å². The second-order valence-electron chi connectivity index (χ2n) is 4.64. The van der Waals surface area contributed by atoms with Crippen LogP contribution in [0.5, 0.6) is 5.75 Å². The quantitative estimate of drug-likeness (QED) is 0.797. The van der Waals surface area contributed by atoms with Gasteiger partial charge in [-0.3, -0.25) is 5.10 Å². The predicted octanol–water partition coefficient (Wildman–Crippen LogP) is 3.63. The minimum atomic E-state index is 0.823. The third-order valence-corrected chi connectivity index (χ3v) is 4.05. The summed E-state index contributed by atoms with van der Waals surface area (Å²) in [4.78, 5) is 4.35. The van der Waals surface area contributed by atoms with Gasteiger partial charge in [-0.15, -0.1) is 0 Å². The van der Waals surface area contributed by atoms with Gasteiger partial charge in [-0.1, -0.05) is 12.1 Å². The second kappa shape index (κ2) is 5.25. The Morgan fingerprint density at radius 3 is 2.70 bits per heavy atom. The lowest BCUT2D eigenvalue weighted by Gasteiger charge is -2.07. The highest BCUT2D eigenvalue weighted by Crippen LogP contribution is 2.28. The van der Waals surface area contributed by atoms with E-state index in [0.717, 1.165) is 33.4 Å². The van der Waals surface area contributed by atoms with Crippen molar-refractivity contribution in [1.82, 2.24) is 15.2 Å². The fraction of sp³-hybridized carbons (Fsp3) is 0.200. The highest BCUT2D eigenvalue weighted by Gasteiger charge is 2.12. The lowest BCUT2D eigenvalue weighted by atomic mass is 10.0. The van der Waals surface area contributed by atoms with E-state index >= 15 is 0 Å². The van der Waals surface area contributed by atoms with E-state index < -0.39 is 0 Å². The van der Waals surface area contributed by atoms with Gasteiger partial charge >= 0.3 is 0 Å². The van der Waals surface area contributed by atoms with E-state index in [0.29, 0.717) is 0 Å². The molecule has 5 heteroatoms. The summed E-state index contributed by atoms with van der Waals surface area (Å²) in [5.41, 5.74) is 4.22. The van der Waals surface area contributed by atoms with Gasteiger partial charge in [0.15, 0.2) is 5.65 Å². The van der Waals surface area contributed by atoms with Crippen molar-refractivity contribution in [3.05, 3.63) is 51.8 Å². The molecular weight excluding hydrogens is 318 g/mol. The van der Waals surface area contributed by atoms with Gasteiger partial charge in [-0.05, 0) is 52.5 Å². The SMILES string of the molecule is COc1ccc(Cc2c(Br)cnc3[nH]nc(C)c23)cc1. The third kappa shape index (κ3) is 2.29. The molecule has 0 unspecified atom stereocenters. The molecule has 0 radical (unpaired) electrons. The zero-order valence-electron chi connectivity index (χ0n) is 11.3. The van der Waals surface area contributed by atoms with Gasteiger partial charge in [0.2, 0.25) is 0 Å². The molecule has 4 nitrogen and oxygen atoms in total. The average Bonchev–Trinajstić information content (AvgIpc) is 2.84. The summed E-state index contributed by atoms with van der Waals surface area (Å²) in [7, 11) is 1.67. The first-order chi connectivity index (χ1) is 9.69. The molecule has 2 heterocycles. The highest BCUT2D eigenvalue weighted by atomic mass is 79.9. The minimum Gasteiger partial charge on any atom is -0.497 e. The summed E-state index contributed by atoms with van der Waals surface area (Å²) in [6.45, 7) is 1.99. The molecule has 1 N–H and O–H groups in total. The van der Waals surface area contributed by atoms with Gasteiger partial charge in [0.05, 0.1) is 12.8 Å². The number of benzene rings is 1. The second-order valence-corrected chi connectivity index (χ2v) is 5.50. The van der Waals surface area contributed by atoms with Gasteiger partial charge in [-0.2, -0.15) is 5.10 Å². The fourth-order valence-corrected chi connectivity index (χ4v) is 2.75. The predicted molar refractivity (Wildman–Crippen MR) is 82.1 cm³/mol. The number of pyridine rings is 1. The van der Waals surface area contributed by atoms with Crippen molar-refractivity contribution in [3.63, 3.8) is 0 Å². The van der Waals surface area contributed by atoms with Crippen LogP contribution in [0.15, 0.2) is 34.9 Å². The van der Waals surface area contributed by atoms with Gasteiger partial charge < -0.3 is 4.74 Å². The number of nitrogens with zero attached hydrogens (tertiary/aromatic N) is 2. The van der Waals surface area contributed by atoms with E-state index in [9.17, 15) is 0 Å². The molecule has 102 valence electrons. The van der Waals surface area contributed by atoms with Crippen LogP contribution in [-0.2, 0) is 6.42 Å². The molecule has 3 aromatic rings. The van der Waals surface area contributed by atoms with Crippen LogP contribution in [0.4, 0.5) is 0 Å². The molecule has 0 fully saturated rings. The minimum absolute atomic E-state index is 0.823. The van der Waals surface area contributed by atoms with Crippen molar-refractivity contribution in [2.24, 2.45) is 0 Å². The molecule has 2 aromatic heterocycles. The molecule has 0 spiro atoms. The molecule has 0 saturated heterocycles. The fourth-order valence-electron chi connectivity index (χ4n) is 2.31. The molecule has 0 atom stereocenters. The van der Waals surface area contributed by atoms with Crippen molar-refractivity contribution in [3.8, 4) is 5.75 Å². The average molecular weight is 332 g/mol. The number of methoxy groups -OCH3 is 1. The maximum atomic E-state index is 5.19. The normalized spacial score (nSPS) is 10.9. The van der Waals surface area contributed by atoms with Crippen LogP contribution in [0.25, 0.3) is 11.0 Å². The smallest absolute Gasteiger partial charge is 0.155 e. The number of aromatic amines is 1. The number of H-pyrrole nitrogens is 1. The standard InChI is InChI=1S/C15H14BrN3O/c1-9-14-12(13(16)8-17-15(14)19-18-9)7-10-3-5-11(20-2)6-4-10/h3-6,8H,7H2,1-2H3,(H,17,18,19). The number of ether oxygens (including phenoxy) is 1. The lowest BCUT2D eigenvalue weighted by Crippen LogP contribution is -1.94. The summed E-state index contributed by atoms with van der Waals surface area (Å²) in [6, 6.07) is 8.10. The Morgan fingerprint density at radius 1 is 1.25 bits per heavy atom. The molecule has 3 rings (SSSR count). The Balaban J connectivity index is 2.04. The van der Waals surface area contributed by atoms with Crippen molar-refractivity contribution in [2.45, 2.75) is 13.3 Å². The molecular formula is C15H14BrN3O. The van der Waals surface area contributed by atoms with E-state index in [4.69, 9.17) is 4.74 Å². The number of hydrogen-bond donors (Lipinski definition) is 1. The number of aromatic nitrogens is 3. The van der Waals surface area contributed by atoms with E-state index in [1.54, 1.807) is 7.11 Å². The Kier molecular flexibility index (Phi) is 3.44. The van der Waals surface area contributed by atoms with Crippen LogP contribution in [0.2, 0.25) is 0 Å². The number of aryl methyl sites for hydroxylation is 1. The van der Waals surface area contributed by atoms with Crippen LogP contribution in [0.3, 0.4) is 0 Å². The van der Waals surface area contributed by atoms with Gasteiger partial charge in [0, 0.05) is 16.1 Å². The summed E-state index contributed by atoms with van der Waals surface area (Å²) < 4.78 is 6.19. The van der Waals surface area contributed by atoms with Crippen LogP contribution in [0.1, 0.15) is 16.8 Å². The summed E-state index contributed by atoms with van der Waals surface area (Å²) in [5, 5.41) is 8.29. The molecule has 0 aliphatic rings. The molecule has 20 heavy (non-hydrogen) atoms. The van der Waals surface area contributed by atoms with Crippen molar-refractivity contribution >= 4 is 27.0 Å². The number of fused-ring (bicyclic) bond motifs is 1. The molecule has 0 aliphatic heterocycles. The molecule has 1 aromatic carbocycles. The summed E-state index contributed by atoms with van der Waals surface area (Å²) >= 11 is 3.59. The number of nitrogens with one attached hydrogen (secondary N) is 1. The summed E-state index contributed by atoms with van der Waals surface area (Å²) in [6.07, 6.45) is 2.64. The first-order valence-electron chi connectivity index (χ1n) is 6.30. The molecule has 0 amide bonds. The molecule has 0 saturated carbocycles. The van der Waals surface area contributed by atoms with Crippen molar-refractivity contribution < 1.29 is 4.74 Å². The summed E-state index contributed by atoms with van der Waals surface area (Å²) in [5.74, 6) is 0.868. The zero-order chi connectivity index (χ0) is 14.1. The topological polar surface area (TPSA) is 50.8 Å². The number of hydrogen-bond acceptors (Lipinski definition) is 3. The Hall–Kier alpha value is -1.88. The molecule has 0 aliphatic carbocycles. The maximum absolute atomic E-state index is 5.19. The Morgan fingerprint density at radius 2 is 2.00 bits per heavy atom. The van der Waals surface area contributed by atoms with E-state index in [1.807, 2.05) is 25.3 Å². The number of halogens is 1. The van der Waals surface area contributed by atoms with Crippen molar-refractivity contribution in [2.75, 3.05) is 7.11 Å². The van der Waals surface area contributed by atoms with Gasteiger partial charge in [0.1, 0.15) is 5.75 Å². The Labute approximate surface area is 125 Å². The lowest BCUT2D eigenvalue weighted by molar-refractivity contribution is 0.414. The highest BCUT2D eigenvalue weighted by molar-refractivity contribution is 9.10. The third-order valence-electron chi connectivity index (χ3n) is 3.37. The van der Waals surface area contributed by atoms with E-state index in [1.165, 1.54) is 11.1 Å². The maximum Gasteiger partial charge on any atom is 0.155 e. The van der Waals surface area contributed by atoms with Crippen molar-refractivity contribution in [1.29, 1.82) is 0 Å². The molecule has 0 bridgehead atoms. The van der Waals surface area contributed by atoms with Crippen LogP contribution >= 0.6 is 15.9 Å². The zero-order valence-corrected chi connectivity index (χ0v) is 12.9.